The molecule has 31 heavy (non-hydrogen) atoms. The maximum absolute atomic E-state index is 13.5. The number of carbonyl (C=O) groups is 2. The second-order valence-electron chi connectivity index (χ2n) is 7.71. The predicted molar refractivity (Wildman–Crippen MR) is 118 cm³/mol. The molecule has 1 heterocycles. The zero-order valence-corrected chi connectivity index (χ0v) is 17.4. The summed E-state index contributed by atoms with van der Waals surface area (Å²) in [5.74, 6) is -0.645. The highest BCUT2D eigenvalue weighted by molar-refractivity contribution is 6.04. The molecular formula is C23H23FN4O3. The lowest BCUT2D eigenvalue weighted by Gasteiger charge is -2.20. The maximum Gasteiger partial charge on any atom is 0.412 e. The number of nitrogens with zero attached hydrogens (tertiary/aromatic N) is 1. The van der Waals surface area contributed by atoms with E-state index >= 15 is 0 Å². The molecule has 3 aromatic rings. The summed E-state index contributed by atoms with van der Waals surface area (Å²) in [6.07, 6.45) is -0.676. The van der Waals surface area contributed by atoms with Gasteiger partial charge < -0.3 is 15.4 Å². The van der Waals surface area contributed by atoms with Crippen molar-refractivity contribution in [1.29, 1.82) is 0 Å². The average Bonchev–Trinajstić information content (AvgIpc) is 2.67. The maximum atomic E-state index is 13.5. The third kappa shape index (κ3) is 6.81. The molecule has 0 radical (unpaired) electrons. The van der Waals surface area contributed by atoms with Crippen LogP contribution in [0.25, 0.3) is 0 Å². The lowest BCUT2D eigenvalue weighted by molar-refractivity contribution is 0.0635. The summed E-state index contributed by atoms with van der Waals surface area (Å²) in [4.78, 5) is 29.2. The van der Waals surface area contributed by atoms with Gasteiger partial charge in [0.2, 0.25) is 0 Å². The monoisotopic (exact) mass is 422 g/mol. The van der Waals surface area contributed by atoms with Crippen LogP contribution in [-0.2, 0) is 4.74 Å². The Labute approximate surface area is 179 Å². The molecule has 0 bridgehead atoms. The standard InChI is InChI=1S/C23H23FN4O3/c1-23(2,3)31-22(30)27-18-13-19(21(29)26-16-9-5-4-6-10-16)28-20(14-18)25-17-11-7-8-15(24)12-17/h4-14H,1-3H3,(H,26,29)(H2,25,27,28,30). The normalized spacial score (nSPS) is 10.8. The van der Waals surface area contributed by atoms with E-state index in [0.717, 1.165) is 0 Å². The van der Waals surface area contributed by atoms with Crippen LogP contribution in [-0.4, -0.2) is 22.6 Å². The lowest BCUT2D eigenvalue weighted by atomic mass is 10.2. The quantitative estimate of drug-likeness (QED) is 0.500. The molecule has 0 atom stereocenters. The highest BCUT2D eigenvalue weighted by Crippen LogP contribution is 2.22. The first kappa shape index (κ1) is 21.8. The number of ether oxygens (including phenoxy) is 1. The van der Waals surface area contributed by atoms with Crippen LogP contribution in [0.4, 0.5) is 32.1 Å². The van der Waals surface area contributed by atoms with E-state index in [1.807, 2.05) is 6.07 Å². The van der Waals surface area contributed by atoms with Crippen molar-refractivity contribution in [2.24, 2.45) is 0 Å². The van der Waals surface area contributed by atoms with Crippen LogP contribution >= 0.6 is 0 Å². The number of rotatable bonds is 5. The number of anilines is 4. The fourth-order valence-corrected chi connectivity index (χ4v) is 2.64. The van der Waals surface area contributed by atoms with Crippen molar-refractivity contribution in [3.63, 3.8) is 0 Å². The first-order valence-electron chi connectivity index (χ1n) is 9.59. The molecule has 0 unspecified atom stereocenters. The van der Waals surface area contributed by atoms with Gasteiger partial charge in [-0.1, -0.05) is 24.3 Å². The number of hydrogen-bond acceptors (Lipinski definition) is 5. The largest absolute Gasteiger partial charge is 0.444 e. The van der Waals surface area contributed by atoms with Crippen molar-refractivity contribution < 1.29 is 18.7 Å². The Hall–Kier alpha value is -3.94. The highest BCUT2D eigenvalue weighted by atomic mass is 19.1. The van der Waals surface area contributed by atoms with Crippen LogP contribution in [0.3, 0.4) is 0 Å². The predicted octanol–water partition coefficient (Wildman–Crippen LogP) is 5.56. The molecule has 2 amide bonds. The molecule has 2 aromatic carbocycles. The Bertz CT molecular complexity index is 1080. The first-order chi connectivity index (χ1) is 14.7. The summed E-state index contributed by atoms with van der Waals surface area (Å²) < 4.78 is 18.8. The van der Waals surface area contributed by atoms with E-state index in [1.54, 1.807) is 57.2 Å². The van der Waals surface area contributed by atoms with Gasteiger partial charge in [0.15, 0.2) is 0 Å². The summed E-state index contributed by atoms with van der Waals surface area (Å²) in [5.41, 5.74) is 0.696. The van der Waals surface area contributed by atoms with Crippen molar-refractivity contribution in [3.8, 4) is 0 Å². The number of aromatic nitrogens is 1. The van der Waals surface area contributed by atoms with Crippen molar-refractivity contribution in [1.82, 2.24) is 4.98 Å². The van der Waals surface area contributed by atoms with Crippen LogP contribution in [0.5, 0.6) is 0 Å². The fourth-order valence-electron chi connectivity index (χ4n) is 2.64. The van der Waals surface area contributed by atoms with Crippen molar-refractivity contribution in [2.75, 3.05) is 16.0 Å². The third-order valence-electron chi connectivity index (χ3n) is 3.83. The topological polar surface area (TPSA) is 92.3 Å². The summed E-state index contributed by atoms with van der Waals surface area (Å²) >= 11 is 0. The molecular weight excluding hydrogens is 399 g/mol. The third-order valence-corrected chi connectivity index (χ3v) is 3.83. The number of benzene rings is 2. The molecule has 8 heteroatoms. The Morgan fingerprint density at radius 1 is 0.871 bits per heavy atom. The van der Waals surface area contributed by atoms with Gasteiger partial charge in [0.1, 0.15) is 22.9 Å². The molecule has 0 aliphatic rings. The molecule has 160 valence electrons. The molecule has 0 saturated carbocycles. The number of amides is 2. The molecule has 0 aliphatic heterocycles. The van der Waals surface area contributed by atoms with Crippen LogP contribution in [0.1, 0.15) is 31.3 Å². The Morgan fingerprint density at radius 2 is 1.58 bits per heavy atom. The zero-order valence-electron chi connectivity index (χ0n) is 17.4. The Balaban J connectivity index is 1.89. The van der Waals surface area contributed by atoms with E-state index in [1.165, 1.54) is 24.3 Å². The van der Waals surface area contributed by atoms with Crippen LogP contribution in [0.15, 0.2) is 66.7 Å². The Morgan fingerprint density at radius 3 is 2.26 bits per heavy atom. The van der Waals surface area contributed by atoms with Crippen LogP contribution in [0, 0.1) is 5.82 Å². The fraction of sp³-hybridized carbons (Fsp3) is 0.174. The number of halogens is 1. The number of nitrogens with one attached hydrogen (secondary N) is 3. The summed E-state index contributed by atoms with van der Waals surface area (Å²) in [7, 11) is 0. The Kier molecular flexibility index (Phi) is 6.49. The molecule has 3 rings (SSSR count). The van der Waals surface area contributed by atoms with Crippen LogP contribution in [0.2, 0.25) is 0 Å². The summed E-state index contributed by atoms with van der Waals surface area (Å²) in [5, 5.41) is 8.29. The van der Waals surface area contributed by atoms with Crippen LogP contribution < -0.4 is 16.0 Å². The van der Waals surface area contributed by atoms with Gasteiger partial charge in [-0.3, -0.25) is 10.1 Å². The van der Waals surface area contributed by atoms with Crippen molar-refractivity contribution in [3.05, 3.63) is 78.2 Å². The molecule has 0 fully saturated rings. The van der Waals surface area contributed by atoms with Gasteiger partial charge >= 0.3 is 6.09 Å². The minimum Gasteiger partial charge on any atom is -0.444 e. The van der Waals surface area contributed by atoms with Gasteiger partial charge in [-0.15, -0.1) is 0 Å². The molecule has 0 spiro atoms. The van der Waals surface area contributed by atoms with Crippen molar-refractivity contribution in [2.45, 2.75) is 26.4 Å². The smallest absolute Gasteiger partial charge is 0.412 e. The van der Waals surface area contributed by atoms with Gasteiger partial charge in [0.05, 0.1) is 5.69 Å². The van der Waals surface area contributed by atoms with Gasteiger partial charge in [-0.05, 0) is 57.2 Å². The zero-order chi connectivity index (χ0) is 22.4. The van der Waals surface area contributed by atoms with E-state index in [9.17, 15) is 14.0 Å². The van der Waals surface area contributed by atoms with E-state index in [4.69, 9.17) is 4.74 Å². The number of para-hydroxylation sites is 1. The van der Waals surface area contributed by atoms with E-state index < -0.39 is 23.4 Å². The van der Waals surface area contributed by atoms with Gasteiger partial charge in [-0.25, -0.2) is 14.2 Å². The molecule has 0 saturated heterocycles. The van der Waals surface area contributed by atoms with E-state index in [0.29, 0.717) is 17.1 Å². The lowest BCUT2D eigenvalue weighted by Crippen LogP contribution is -2.27. The minimum atomic E-state index is -0.687. The second kappa shape index (κ2) is 9.25. The average molecular weight is 422 g/mol. The van der Waals surface area contributed by atoms with Gasteiger partial charge in [0.25, 0.3) is 5.91 Å². The van der Waals surface area contributed by atoms with E-state index in [-0.39, 0.29) is 11.5 Å². The molecule has 1 aromatic heterocycles. The molecule has 0 aliphatic carbocycles. The number of pyridine rings is 1. The van der Waals surface area contributed by atoms with Gasteiger partial charge in [-0.2, -0.15) is 0 Å². The highest BCUT2D eigenvalue weighted by Gasteiger charge is 2.18. The summed E-state index contributed by atoms with van der Waals surface area (Å²) in [6, 6.07) is 17.7. The number of carbonyl (C=O) groups excluding carboxylic acids is 2. The number of hydrogen-bond donors (Lipinski definition) is 3. The van der Waals surface area contributed by atoms with Gasteiger partial charge in [0, 0.05) is 17.4 Å². The summed E-state index contributed by atoms with van der Waals surface area (Å²) in [6.45, 7) is 5.23. The van der Waals surface area contributed by atoms with Crippen molar-refractivity contribution >= 4 is 34.9 Å². The SMILES string of the molecule is CC(C)(C)OC(=O)Nc1cc(Nc2cccc(F)c2)nc(C(=O)Nc2ccccc2)c1. The molecule has 3 N–H and O–H groups in total. The van der Waals surface area contributed by atoms with E-state index in [2.05, 4.69) is 20.9 Å². The minimum absolute atomic E-state index is 0.0521. The molecule has 7 nitrogen and oxygen atoms in total. The first-order valence-corrected chi connectivity index (χ1v) is 9.59. The second-order valence-corrected chi connectivity index (χ2v) is 7.71.